The number of anilines is 1. The first-order valence-electron chi connectivity index (χ1n) is 6.44. The van der Waals surface area contributed by atoms with E-state index in [2.05, 4.69) is 44.0 Å². The average molecular weight is 244 g/mol. The molecule has 0 heterocycles. The SMILES string of the molecule is C=C(C)CN(CCC)C(=C)Cc1ccc(N)cc1. The van der Waals surface area contributed by atoms with Gasteiger partial charge in [0.2, 0.25) is 0 Å². The number of benzene rings is 1. The van der Waals surface area contributed by atoms with Crippen LogP contribution in [-0.4, -0.2) is 18.0 Å². The van der Waals surface area contributed by atoms with Crippen LogP contribution in [0.4, 0.5) is 5.69 Å². The van der Waals surface area contributed by atoms with Crippen molar-refractivity contribution in [1.29, 1.82) is 0 Å². The first kappa shape index (κ1) is 14.4. The molecule has 0 aliphatic carbocycles. The van der Waals surface area contributed by atoms with E-state index < -0.39 is 0 Å². The molecule has 18 heavy (non-hydrogen) atoms. The number of hydrogen-bond acceptors (Lipinski definition) is 2. The van der Waals surface area contributed by atoms with Gasteiger partial charge in [-0.3, -0.25) is 0 Å². The molecule has 2 N–H and O–H groups in total. The van der Waals surface area contributed by atoms with Crippen molar-refractivity contribution in [2.75, 3.05) is 18.8 Å². The zero-order valence-corrected chi connectivity index (χ0v) is 11.6. The molecule has 0 unspecified atom stereocenters. The van der Waals surface area contributed by atoms with Gasteiger partial charge in [0.15, 0.2) is 0 Å². The molecular formula is C16H24N2. The van der Waals surface area contributed by atoms with Gasteiger partial charge in [-0.2, -0.15) is 0 Å². The van der Waals surface area contributed by atoms with E-state index in [1.165, 1.54) is 11.1 Å². The summed E-state index contributed by atoms with van der Waals surface area (Å²) in [6.45, 7) is 14.3. The molecule has 0 bridgehead atoms. The Hall–Kier alpha value is -1.70. The molecule has 0 aliphatic heterocycles. The van der Waals surface area contributed by atoms with Crippen LogP contribution in [0.2, 0.25) is 0 Å². The van der Waals surface area contributed by atoms with Gasteiger partial charge in [-0.15, -0.1) is 0 Å². The van der Waals surface area contributed by atoms with Crippen LogP contribution in [0.1, 0.15) is 25.8 Å². The molecule has 0 saturated heterocycles. The van der Waals surface area contributed by atoms with Gasteiger partial charge in [-0.05, 0) is 31.0 Å². The van der Waals surface area contributed by atoms with Gasteiger partial charge in [-0.25, -0.2) is 0 Å². The summed E-state index contributed by atoms with van der Waals surface area (Å²) in [5, 5.41) is 0. The molecule has 1 aromatic carbocycles. The van der Waals surface area contributed by atoms with Crippen molar-refractivity contribution in [2.24, 2.45) is 0 Å². The summed E-state index contributed by atoms with van der Waals surface area (Å²) in [6, 6.07) is 7.99. The summed E-state index contributed by atoms with van der Waals surface area (Å²) in [4.78, 5) is 2.30. The lowest BCUT2D eigenvalue weighted by Gasteiger charge is -2.26. The molecule has 0 spiro atoms. The summed E-state index contributed by atoms with van der Waals surface area (Å²) in [7, 11) is 0. The summed E-state index contributed by atoms with van der Waals surface area (Å²) in [5.41, 5.74) is 10.0. The fourth-order valence-electron chi connectivity index (χ4n) is 1.93. The molecule has 1 aromatic rings. The fraction of sp³-hybridized carbons (Fsp3) is 0.375. The van der Waals surface area contributed by atoms with Crippen LogP contribution < -0.4 is 5.73 Å². The lowest BCUT2D eigenvalue weighted by molar-refractivity contribution is 0.366. The number of rotatable bonds is 7. The zero-order valence-electron chi connectivity index (χ0n) is 11.6. The van der Waals surface area contributed by atoms with E-state index in [0.717, 1.165) is 37.3 Å². The smallest absolute Gasteiger partial charge is 0.0380 e. The second-order valence-corrected chi connectivity index (χ2v) is 4.86. The third-order valence-electron chi connectivity index (χ3n) is 2.79. The maximum Gasteiger partial charge on any atom is 0.0380 e. The second-order valence-electron chi connectivity index (χ2n) is 4.86. The molecule has 98 valence electrons. The Bertz CT molecular complexity index is 404. The number of nitrogens with two attached hydrogens (primary N) is 1. The van der Waals surface area contributed by atoms with Crippen LogP contribution in [0.3, 0.4) is 0 Å². The number of nitrogens with zero attached hydrogens (tertiary/aromatic N) is 1. The van der Waals surface area contributed by atoms with E-state index in [1.54, 1.807) is 0 Å². The zero-order chi connectivity index (χ0) is 13.5. The third-order valence-corrected chi connectivity index (χ3v) is 2.79. The Kier molecular flexibility index (Phi) is 5.50. The fourth-order valence-corrected chi connectivity index (χ4v) is 1.93. The van der Waals surface area contributed by atoms with Crippen LogP contribution in [0.5, 0.6) is 0 Å². The predicted octanol–water partition coefficient (Wildman–Crippen LogP) is 3.61. The predicted molar refractivity (Wildman–Crippen MR) is 80.4 cm³/mol. The average Bonchev–Trinajstić information content (AvgIpc) is 2.31. The van der Waals surface area contributed by atoms with E-state index in [0.29, 0.717) is 0 Å². The lowest BCUT2D eigenvalue weighted by Crippen LogP contribution is -2.26. The number of nitrogen functional groups attached to an aromatic ring is 1. The minimum absolute atomic E-state index is 0.803. The Morgan fingerprint density at radius 3 is 2.33 bits per heavy atom. The van der Waals surface area contributed by atoms with Crippen LogP contribution in [0.15, 0.2) is 48.7 Å². The van der Waals surface area contributed by atoms with Gasteiger partial charge >= 0.3 is 0 Å². The summed E-state index contributed by atoms with van der Waals surface area (Å²) in [5.74, 6) is 0. The number of hydrogen-bond donors (Lipinski definition) is 1. The highest BCUT2D eigenvalue weighted by molar-refractivity contribution is 5.40. The summed E-state index contributed by atoms with van der Waals surface area (Å²) >= 11 is 0. The van der Waals surface area contributed by atoms with Gasteiger partial charge in [-0.1, -0.05) is 37.8 Å². The maximum atomic E-state index is 5.69. The van der Waals surface area contributed by atoms with Crippen LogP contribution in [-0.2, 0) is 6.42 Å². The topological polar surface area (TPSA) is 29.3 Å². The van der Waals surface area contributed by atoms with Crippen molar-refractivity contribution in [3.63, 3.8) is 0 Å². The van der Waals surface area contributed by atoms with Crippen molar-refractivity contribution >= 4 is 5.69 Å². The summed E-state index contributed by atoms with van der Waals surface area (Å²) < 4.78 is 0. The minimum atomic E-state index is 0.803. The quantitative estimate of drug-likeness (QED) is 0.586. The van der Waals surface area contributed by atoms with Gasteiger partial charge in [0, 0.05) is 30.9 Å². The van der Waals surface area contributed by atoms with Crippen molar-refractivity contribution in [3.05, 3.63) is 54.3 Å². The van der Waals surface area contributed by atoms with Crippen LogP contribution >= 0.6 is 0 Å². The summed E-state index contributed by atoms with van der Waals surface area (Å²) in [6.07, 6.45) is 1.99. The number of allylic oxidation sites excluding steroid dienone is 1. The van der Waals surface area contributed by atoms with Gasteiger partial charge in [0.05, 0.1) is 0 Å². The molecule has 1 rings (SSSR count). The highest BCUT2D eigenvalue weighted by atomic mass is 15.1. The first-order chi connectivity index (χ1) is 8.52. The highest BCUT2D eigenvalue weighted by Crippen LogP contribution is 2.14. The van der Waals surface area contributed by atoms with Crippen molar-refractivity contribution in [3.8, 4) is 0 Å². The molecule has 2 heteroatoms. The van der Waals surface area contributed by atoms with Gasteiger partial charge in [0.25, 0.3) is 0 Å². The molecule has 0 aliphatic rings. The largest absolute Gasteiger partial charge is 0.399 e. The standard InChI is InChI=1S/C16H24N2/c1-5-10-18(12-13(2)3)14(4)11-15-6-8-16(17)9-7-15/h6-9H,2,4-5,10-12,17H2,1,3H3. The Morgan fingerprint density at radius 1 is 1.22 bits per heavy atom. The van der Waals surface area contributed by atoms with Crippen LogP contribution in [0, 0.1) is 0 Å². The van der Waals surface area contributed by atoms with E-state index in [4.69, 9.17) is 5.73 Å². The normalized spacial score (nSPS) is 10.1. The first-order valence-corrected chi connectivity index (χ1v) is 6.44. The van der Waals surface area contributed by atoms with Crippen molar-refractivity contribution in [1.82, 2.24) is 4.90 Å². The minimum Gasteiger partial charge on any atom is -0.399 e. The molecule has 2 nitrogen and oxygen atoms in total. The monoisotopic (exact) mass is 244 g/mol. The van der Waals surface area contributed by atoms with Crippen molar-refractivity contribution in [2.45, 2.75) is 26.7 Å². The molecule has 0 aromatic heterocycles. The van der Waals surface area contributed by atoms with E-state index in [9.17, 15) is 0 Å². The van der Waals surface area contributed by atoms with E-state index in [1.807, 2.05) is 12.1 Å². The maximum absolute atomic E-state index is 5.69. The molecule has 0 radical (unpaired) electrons. The Balaban J connectivity index is 2.65. The molecule has 0 saturated carbocycles. The van der Waals surface area contributed by atoms with E-state index in [-0.39, 0.29) is 0 Å². The van der Waals surface area contributed by atoms with E-state index >= 15 is 0 Å². The molecular weight excluding hydrogens is 220 g/mol. The van der Waals surface area contributed by atoms with Gasteiger partial charge < -0.3 is 10.6 Å². The van der Waals surface area contributed by atoms with Gasteiger partial charge in [0.1, 0.15) is 0 Å². The second kappa shape index (κ2) is 6.90. The van der Waals surface area contributed by atoms with Crippen molar-refractivity contribution < 1.29 is 0 Å². The Labute approximate surface area is 111 Å². The van der Waals surface area contributed by atoms with Crippen LogP contribution in [0.25, 0.3) is 0 Å². The Morgan fingerprint density at radius 2 is 1.83 bits per heavy atom. The molecule has 0 amide bonds. The highest BCUT2D eigenvalue weighted by Gasteiger charge is 2.07. The third kappa shape index (κ3) is 4.66. The molecule has 0 fully saturated rings. The molecule has 0 atom stereocenters. The lowest BCUT2D eigenvalue weighted by atomic mass is 10.1.